The number of nitrogens with zero attached hydrogens (tertiary/aromatic N) is 1. The minimum absolute atomic E-state index is 0.268. The third-order valence-electron chi connectivity index (χ3n) is 2.44. The molecule has 0 unspecified atom stereocenters. The van der Waals surface area contributed by atoms with Crippen LogP contribution in [0.2, 0.25) is 0 Å². The molecule has 94 valence electrons. The van der Waals surface area contributed by atoms with Crippen molar-refractivity contribution in [3.8, 4) is 5.75 Å². The summed E-state index contributed by atoms with van der Waals surface area (Å²) in [5, 5.41) is 11.7. The van der Waals surface area contributed by atoms with Crippen molar-refractivity contribution < 1.29 is 14.6 Å². The Morgan fingerprint density at radius 2 is 2.22 bits per heavy atom. The summed E-state index contributed by atoms with van der Waals surface area (Å²) in [6.07, 6.45) is 0. The van der Waals surface area contributed by atoms with Gasteiger partial charge in [-0.2, -0.15) is 0 Å². The number of carboxylic acid groups (broad SMARTS) is 1. The minimum atomic E-state index is -0.930. The van der Waals surface area contributed by atoms with Gasteiger partial charge in [0, 0.05) is 11.1 Å². The van der Waals surface area contributed by atoms with E-state index in [1.807, 2.05) is 19.2 Å². The predicted molar refractivity (Wildman–Crippen MR) is 69.3 cm³/mol. The van der Waals surface area contributed by atoms with Crippen molar-refractivity contribution in [2.75, 3.05) is 0 Å². The van der Waals surface area contributed by atoms with E-state index in [0.29, 0.717) is 12.4 Å². The standard InChI is InChI=1S/C13H13NO3S/c1-8-5-10(13(15)16)3-4-11(8)17-6-12-14-9(2)7-18-12/h3-5,7H,6H2,1-2H3,(H,15,16). The smallest absolute Gasteiger partial charge is 0.335 e. The van der Waals surface area contributed by atoms with Crippen molar-refractivity contribution in [2.24, 2.45) is 0 Å². The second kappa shape index (κ2) is 5.18. The topological polar surface area (TPSA) is 59.4 Å². The van der Waals surface area contributed by atoms with Gasteiger partial charge in [0.05, 0.1) is 5.56 Å². The van der Waals surface area contributed by atoms with E-state index < -0.39 is 5.97 Å². The van der Waals surface area contributed by atoms with Crippen molar-refractivity contribution >= 4 is 17.3 Å². The Labute approximate surface area is 109 Å². The minimum Gasteiger partial charge on any atom is -0.486 e. The van der Waals surface area contributed by atoms with Gasteiger partial charge in [-0.15, -0.1) is 11.3 Å². The molecule has 1 aromatic heterocycles. The molecule has 0 radical (unpaired) electrons. The summed E-state index contributed by atoms with van der Waals surface area (Å²) in [7, 11) is 0. The van der Waals surface area contributed by atoms with Gasteiger partial charge in [-0.05, 0) is 37.6 Å². The van der Waals surface area contributed by atoms with Crippen molar-refractivity contribution in [3.05, 3.63) is 45.4 Å². The molecule has 0 aliphatic carbocycles. The average Bonchev–Trinajstić information content (AvgIpc) is 2.73. The third-order valence-corrected chi connectivity index (χ3v) is 3.38. The first-order valence-electron chi connectivity index (χ1n) is 5.44. The Kier molecular flexibility index (Phi) is 3.62. The number of hydrogen-bond donors (Lipinski definition) is 1. The Balaban J connectivity index is 2.08. The molecule has 0 amide bonds. The van der Waals surface area contributed by atoms with Gasteiger partial charge in [0.1, 0.15) is 17.4 Å². The molecule has 0 aliphatic rings. The van der Waals surface area contributed by atoms with E-state index in [1.165, 1.54) is 6.07 Å². The summed E-state index contributed by atoms with van der Waals surface area (Å²) in [5.74, 6) is -0.243. The number of carbonyl (C=O) groups is 1. The van der Waals surface area contributed by atoms with E-state index >= 15 is 0 Å². The van der Waals surface area contributed by atoms with E-state index in [1.54, 1.807) is 23.5 Å². The summed E-state index contributed by atoms with van der Waals surface area (Å²) in [6.45, 7) is 4.17. The zero-order valence-electron chi connectivity index (χ0n) is 10.1. The molecule has 1 N–H and O–H groups in total. The van der Waals surface area contributed by atoms with E-state index in [2.05, 4.69) is 4.98 Å². The van der Waals surface area contributed by atoms with Crippen LogP contribution in [0.25, 0.3) is 0 Å². The normalized spacial score (nSPS) is 10.3. The molecular formula is C13H13NO3S. The van der Waals surface area contributed by atoms with Gasteiger partial charge in [-0.3, -0.25) is 0 Å². The SMILES string of the molecule is Cc1csc(COc2ccc(C(=O)O)cc2C)n1. The molecule has 1 heterocycles. The first-order chi connectivity index (χ1) is 8.56. The highest BCUT2D eigenvalue weighted by molar-refractivity contribution is 7.09. The second-order valence-electron chi connectivity index (χ2n) is 3.96. The number of aromatic nitrogens is 1. The number of hydrogen-bond acceptors (Lipinski definition) is 4. The molecule has 4 nitrogen and oxygen atoms in total. The second-order valence-corrected chi connectivity index (χ2v) is 4.90. The molecular weight excluding hydrogens is 250 g/mol. The van der Waals surface area contributed by atoms with E-state index in [-0.39, 0.29) is 5.56 Å². The van der Waals surface area contributed by atoms with E-state index in [4.69, 9.17) is 9.84 Å². The number of aryl methyl sites for hydroxylation is 2. The lowest BCUT2D eigenvalue weighted by atomic mass is 10.1. The quantitative estimate of drug-likeness (QED) is 0.921. The highest BCUT2D eigenvalue weighted by Crippen LogP contribution is 2.21. The molecule has 0 aliphatic heterocycles. The number of carboxylic acids is 1. The molecule has 0 saturated carbocycles. The highest BCUT2D eigenvalue weighted by atomic mass is 32.1. The molecule has 0 spiro atoms. The highest BCUT2D eigenvalue weighted by Gasteiger charge is 2.07. The van der Waals surface area contributed by atoms with Gasteiger partial charge in [-0.25, -0.2) is 9.78 Å². The van der Waals surface area contributed by atoms with Gasteiger partial charge >= 0.3 is 5.97 Å². The Morgan fingerprint density at radius 3 is 2.78 bits per heavy atom. The van der Waals surface area contributed by atoms with E-state index in [0.717, 1.165) is 16.3 Å². The fraction of sp³-hybridized carbons (Fsp3) is 0.231. The van der Waals surface area contributed by atoms with Crippen LogP contribution in [0.3, 0.4) is 0 Å². The molecule has 1 aromatic carbocycles. The Bertz CT molecular complexity index is 577. The molecule has 0 fully saturated rings. The Hall–Kier alpha value is -1.88. The summed E-state index contributed by atoms with van der Waals surface area (Å²) in [5.41, 5.74) is 2.06. The van der Waals surface area contributed by atoms with Crippen LogP contribution in [0.1, 0.15) is 26.6 Å². The number of thiazole rings is 1. The first-order valence-corrected chi connectivity index (χ1v) is 6.32. The molecule has 2 aromatic rings. The maximum atomic E-state index is 10.8. The monoisotopic (exact) mass is 263 g/mol. The molecule has 5 heteroatoms. The summed E-state index contributed by atoms with van der Waals surface area (Å²) in [6, 6.07) is 4.82. The van der Waals surface area contributed by atoms with Crippen LogP contribution >= 0.6 is 11.3 Å². The molecule has 18 heavy (non-hydrogen) atoms. The fourth-order valence-corrected chi connectivity index (χ4v) is 2.24. The molecule has 0 atom stereocenters. The van der Waals surface area contributed by atoms with Gasteiger partial charge < -0.3 is 9.84 Å². The van der Waals surface area contributed by atoms with Gasteiger partial charge in [0.2, 0.25) is 0 Å². The lowest BCUT2D eigenvalue weighted by molar-refractivity contribution is 0.0696. The molecule has 0 bridgehead atoms. The van der Waals surface area contributed by atoms with Crippen molar-refractivity contribution in [2.45, 2.75) is 20.5 Å². The van der Waals surface area contributed by atoms with E-state index in [9.17, 15) is 4.79 Å². The van der Waals surface area contributed by atoms with Crippen LogP contribution < -0.4 is 4.74 Å². The Morgan fingerprint density at radius 1 is 1.44 bits per heavy atom. The molecule has 2 rings (SSSR count). The maximum Gasteiger partial charge on any atom is 0.335 e. The maximum absolute atomic E-state index is 10.8. The zero-order chi connectivity index (χ0) is 13.1. The van der Waals surface area contributed by atoms with Crippen LogP contribution in [0.4, 0.5) is 0 Å². The fourth-order valence-electron chi connectivity index (χ4n) is 1.55. The lowest BCUT2D eigenvalue weighted by Crippen LogP contribution is -2.00. The lowest BCUT2D eigenvalue weighted by Gasteiger charge is -2.08. The zero-order valence-corrected chi connectivity index (χ0v) is 11.0. The molecule has 0 saturated heterocycles. The van der Waals surface area contributed by atoms with Crippen LogP contribution in [-0.4, -0.2) is 16.1 Å². The number of ether oxygens (including phenoxy) is 1. The van der Waals surface area contributed by atoms with Gasteiger partial charge in [0.15, 0.2) is 0 Å². The number of benzene rings is 1. The predicted octanol–water partition coefficient (Wildman–Crippen LogP) is 3.04. The van der Waals surface area contributed by atoms with Crippen LogP contribution in [0.15, 0.2) is 23.6 Å². The van der Waals surface area contributed by atoms with Crippen molar-refractivity contribution in [3.63, 3.8) is 0 Å². The number of rotatable bonds is 4. The van der Waals surface area contributed by atoms with Gasteiger partial charge in [-0.1, -0.05) is 0 Å². The van der Waals surface area contributed by atoms with Crippen LogP contribution in [0, 0.1) is 13.8 Å². The van der Waals surface area contributed by atoms with Gasteiger partial charge in [0.25, 0.3) is 0 Å². The number of aromatic carboxylic acids is 1. The van der Waals surface area contributed by atoms with Crippen molar-refractivity contribution in [1.82, 2.24) is 4.98 Å². The van der Waals surface area contributed by atoms with Crippen LogP contribution in [-0.2, 0) is 6.61 Å². The van der Waals surface area contributed by atoms with Crippen molar-refractivity contribution in [1.29, 1.82) is 0 Å². The average molecular weight is 263 g/mol. The van der Waals surface area contributed by atoms with Crippen LogP contribution in [0.5, 0.6) is 5.75 Å². The largest absolute Gasteiger partial charge is 0.486 e. The summed E-state index contributed by atoms with van der Waals surface area (Å²) in [4.78, 5) is 15.1. The summed E-state index contributed by atoms with van der Waals surface area (Å²) >= 11 is 1.55. The first kappa shape index (κ1) is 12.6. The third kappa shape index (κ3) is 2.87. The summed E-state index contributed by atoms with van der Waals surface area (Å²) < 4.78 is 5.63.